The molecule has 36 heavy (non-hydrogen) atoms. The molecule has 1 saturated heterocycles. The van der Waals surface area contributed by atoms with Crippen LogP contribution in [0.15, 0.2) is 77.2 Å². The van der Waals surface area contributed by atoms with Gasteiger partial charge in [-0.3, -0.25) is 4.79 Å². The Morgan fingerprint density at radius 1 is 1.08 bits per heavy atom. The van der Waals surface area contributed by atoms with Crippen molar-refractivity contribution in [3.8, 4) is 5.75 Å². The SMILES string of the molecule is O=C(O)c1ccc(OC[C@@H]2C[C@H](F)CN2C(=O)Cc2ccc(Nc3nc4ccccc4o3)cc2)cc1. The average molecular weight is 490 g/mol. The quantitative estimate of drug-likeness (QED) is 0.365. The number of hydrogen-bond acceptors (Lipinski definition) is 6. The van der Waals surface area contributed by atoms with Gasteiger partial charge in [0.15, 0.2) is 5.58 Å². The lowest BCUT2D eigenvalue weighted by molar-refractivity contribution is -0.132. The fraction of sp³-hybridized carbons (Fsp3) is 0.222. The molecular weight excluding hydrogens is 465 g/mol. The van der Waals surface area contributed by atoms with Gasteiger partial charge in [0.05, 0.1) is 24.6 Å². The standard InChI is InChI=1S/C27H24FN3O5/c28-19-14-21(16-35-22-11-7-18(8-12-22)26(33)34)31(15-19)25(32)13-17-5-9-20(10-6-17)29-27-30-23-3-1-2-4-24(23)36-27/h1-12,19,21H,13-16H2,(H,29,30)(H,33,34)/t19-,21-/m0/s1. The Morgan fingerprint density at radius 3 is 2.56 bits per heavy atom. The first-order valence-electron chi connectivity index (χ1n) is 11.6. The molecule has 1 aliphatic heterocycles. The Bertz CT molecular complexity index is 1340. The first-order chi connectivity index (χ1) is 17.4. The van der Waals surface area contributed by atoms with E-state index in [-0.39, 0.29) is 37.5 Å². The fourth-order valence-corrected chi connectivity index (χ4v) is 4.24. The monoisotopic (exact) mass is 489 g/mol. The van der Waals surface area contributed by atoms with E-state index in [4.69, 9.17) is 14.3 Å². The lowest BCUT2D eigenvalue weighted by Gasteiger charge is -2.24. The molecular formula is C27H24FN3O5. The molecule has 1 fully saturated rings. The highest BCUT2D eigenvalue weighted by molar-refractivity contribution is 5.87. The van der Waals surface area contributed by atoms with Crippen LogP contribution in [0.3, 0.4) is 0 Å². The number of para-hydroxylation sites is 2. The van der Waals surface area contributed by atoms with Gasteiger partial charge < -0.3 is 24.5 Å². The summed E-state index contributed by atoms with van der Waals surface area (Å²) in [5.74, 6) is -0.731. The van der Waals surface area contributed by atoms with E-state index in [2.05, 4.69) is 10.3 Å². The summed E-state index contributed by atoms with van der Waals surface area (Å²) in [6.45, 7) is 0.161. The minimum absolute atomic E-state index is 0.0299. The number of anilines is 2. The first kappa shape index (κ1) is 23.3. The van der Waals surface area contributed by atoms with Crippen molar-refractivity contribution < 1.29 is 28.2 Å². The number of nitrogens with one attached hydrogen (secondary N) is 1. The predicted molar refractivity (Wildman–Crippen MR) is 131 cm³/mol. The summed E-state index contributed by atoms with van der Waals surface area (Å²) < 4.78 is 25.6. The molecule has 3 aromatic carbocycles. The number of amides is 1. The summed E-state index contributed by atoms with van der Waals surface area (Å²) >= 11 is 0. The van der Waals surface area contributed by atoms with Crippen LogP contribution in [0.2, 0.25) is 0 Å². The van der Waals surface area contributed by atoms with Crippen molar-refractivity contribution in [2.24, 2.45) is 0 Å². The van der Waals surface area contributed by atoms with Crippen molar-refractivity contribution in [3.05, 3.63) is 83.9 Å². The second kappa shape index (κ2) is 10.1. The molecule has 0 aliphatic carbocycles. The topological polar surface area (TPSA) is 105 Å². The number of carboxylic acid groups (broad SMARTS) is 1. The van der Waals surface area contributed by atoms with E-state index in [9.17, 15) is 14.0 Å². The molecule has 0 saturated carbocycles. The summed E-state index contributed by atoms with van der Waals surface area (Å²) in [5.41, 5.74) is 3.17. The van der Waals surface area contributed by atoms with Gasteiger partial charge in [0.2, 0.25) is 5.91 Å². The number of halogens is 1. The number of carbonyl (C=O) groups is 2. The number of fused-ring (bicyclic) bond motifs is 1. The van der Waals surface area contributed by atoms with Crippen LogP contribution in [0.5, 0.6) is 5.75 Å². The highest BCUT2D eigenvalue weighted by Crippen LogP contribution is 2.25. The summed E-state index contributed by atoms with van der Waals surface area (Å²) in [7, 11) is 0. The number of aromatic carboxylic acids is 1. The lowest BCUT2D eigenvalue weighted by atomic mass is 10.1. The molecule has 2 atom stereocenters. The molecule has 1 aromatic heterocycles. The van der Waals surface area contributed by atoms with Crippen LogP contribution >= 0.6 is 0 Å². The molecule has 1 amide bonds. The van der Waals surface area contributed by atoms with E-state index in [1.165, 1.54) is 17.0 Å². The summed E-state index contributed by atoms with van der Waals surface area (Å²) in [4.78, 5) is 29.9. The molecule has 9 heteroatoms. The Morgan fingerprint density at radius 2 is 1.83 bits per heavy atom. The number of oxazole rings is 1. The fourth-order valence-electron chi connectivity index (χ4n) is 4.24. The highest BCUT2D eigenvalue weighted by atomic mass is 19.1. The molecule has 2 heterocycles. The zero-order valence-corrected chi connectivity index (χ0v) is 19.3. The number of alkyl halides is 1. The van der Waals surface area contributed by atoms with E-state index < -0.39 is 18.2 Å². The van der Waals surface area contributed by atoms with Gasteiger partial charge in [-0.15, -0.1) is 0 Å². The van der Waals surface area contributed by atoms with Crippen LogP contribution in [0.25, 0.3) is 11.1 Å². The molecule has 0 unspecified atom stereocenters. The number of benzene rings is 3. The number of rotatable bonds is 8. The minimum Gasteiger partial charge on any atom is -0.491 e. The van der Waals surface area contributed by atoms with Gasteiger partial charge >= 0.3 is 5.97 Å². The number of carbonyl (C=O) groups excluding carboxylic acids is 1. The molecule has 2 N–H and O–H groups in total. The van der Waals surface area contributed by atoms with Crippen molar-refractivity contribution in [1.29, 1.82) is 0 Å². The van der Waals surface area contributed by atoms with E-state index in [1.807, 2.05) is 48.5 Å². The van der Waals surface area contributed by atoms with Gasteiger partial charge in [-0.1, -0.05) is 24.3 Å². The van der Waals surface area contributed by atoms with Crippen molar-refractivity contribution in [2.75, 3.05) is 18.5 Å². The Kier molecular flexibility index (Phi) is 6.53. The first-order valence-corrected chi connectivity index (χ1v) is 11.6. The molecule has 0 bridgehead atoms. The number of aromatic nitrogens is 1. The Hall–Kier alpha value is -4.40. The third-order valence-electron chi connectivity index (χ3n) is 6.08. The van der Waals surface area contributed by atoms with Crippen molar-refractivity contribution in [3.63, 3.8) is 0 Å². The molecule has 8 nitrogen and oxygen atoms in total. The van der Waals surface area contributed by atoms with Crippen LogP contribution in [-0.2, 0) is 11.2 Å². The lowest BCUT2D eigenvalue weighted by Crippen LogP contribution is -2.40. The molecule has 0 radical (unpaired) electrons. The smallest absolute Gasteiger partial charge is 0.335 e. The van der Waals surface area contributed by atoms with E-state index in [1.54, 1.807) is 12.1 Å². The third kappa shape index (κ3) is 5.30. The summed E-state index contributed by atoms with van der Waals surface area (Å²) in [6, 6.07) is 20.8. The maximum atomic E-state index is 14.2. The molecule has 184 valence electrons. The zero-order chi connectivity index (χ0) is 25.1. The maximum absolute atomic E-state index is 14.2. The van der Waals surface area contributed by atoms with Crippen LogP contribution < -0.4 is 10.1 Å². The van der Waals surface area contributed by atoms with Crippen molar-refractivity contribution in [1.82, 2.24) is 9.88 Å². The van der Waals surface area contributed by atoms with E-state index in [0.29, 0.717) is 17.3 Å². The Labute approximate surface area is 206 Å². The van der Waals surface area contributed by atoms with Gasteiger partial charge in [-0.25, -0.2) is 9.18 Å². The largest absolute Gasteiger partial charge is 0.491 e. The van der Waals surface area contributed by atoms with Gasteiger partial charge in [0, 0.05) is 12.1 Å². The van der Waals surface area contributed by atoms with Crippen molar-refractivity contribution in [2.45, 2.75) is 25.1 Å². The molecule has 1 aliphatic rings. The normalized spacial score (nSPS) is 17.3. The second-order valence-electron chi connectivity index (χ2n) is 8.66. The second-order valence-corrected chi connectivity index (χ2v) is 8.66. The molecule has 5 rings (SSSR count). The molecule has 4 aromatic rings. The van der Waals surface area contributed by atoms with E-state index in [0.717, 1.165) is 16.8 Å². The van der Waals surface area contributed by atoms with Crippen LogP contribution in [-0.4, -0.2) is 52.2 Å². The average Bonchev–Trinajstić information content (AvgIpc) is 3.46. The number of ether oxygens (including phenoxy) is 1. The van der Waals surface area contributed by atoms with Crippen molar-refractivity contribution >= 4 is 34.7 Å². The van der Waals surface area contributed by atoms with E-state index >= 15 is 0 Å². The van der Waals surface area contributed by atoms with Gasteiger partial charge in [-0.05, 0) is 54.1 Å². The number of hydrogen-bond donors (Lipinski definition) is 2. The maximum Gasteiger partial charge on any atom is 0.335 e. The van der Waals surface area contributed by atoms with Crippen LogP contribution in [0.1, 0.15) is 22.3 Å². The zero-order valence-electron chi connectivity index (χ0n) is 19.3. The highest BCUT2D eigenvalue weighted by Gasteiger charge is 2.35. The third-order valence-corrected chi connectivity index (χ3v) is 6.08. The number of nitrogens with zero attached hydrogens (tertiary/aromatic N) is 2. The van der Waals surface area contributed by atoms with Crippen LogP contribution in [0.4, 0.5) is 16.1 Å². The summed E-state index contributed by atoms with van der Waals surface area (Å²) in [5, 5.41) is 12.1. The Balaban J connectivity index is 1.18. The number of likely N-dealkylation sites (tertiary alicyclic amines) is 1. The number of carboxylic acids is 1. The molecule has 0 spiro atoms. The summed E-state index contributed by atoms with van der Waals surface area (Å²) in [6.07, 6.45) is -0.772. The van der Waals surface area contributed by atoms with Gasteiger partial charge in [0.25, 0.3) is 6.01 Å². The van der Waals surface area contributed by atoms with Gasteiger partial charge in [-0.2, -0.15) is 4.98 Å². The minimum atomic E-state index is -1.11. The predicted octanol–water partition coefficient (Wildman–Crippen LogP) is 4.83. The van der Waals surface area contributed by atoms with Gasteiger partial charge in [0.1, 0.15) is 24.0 Å². The van der Waals surface area contributed by atoms with Crippen LogP contribution in [0, 0.1) is 0 Å².